The summed E-state index contributed by atoms with van der Waals surface area (Å²) in [6.07, 6.45) is 0.159. The van der Waals surface area contributed by atoms with Gasteiger partial charge in [-0.25, -0.2) is 4.79 Å². The third-order valence-electron chi connectivity index (χ3n) is 5.95. The van der Waals surface area contributed by atoms with E-state index in [2.05, 4.69) is 10.6 Å². The van der Waals surface area contributed by atoms with E-state index in [0.29, 0.717) is 5.69 Å². The molecular weight excluding hydrogens is 450 g/mol. The van der Waals surface area contributed by atoms with Gasteiger partial charge < -0.3 is 25.0 Å². The predicted molar refractivity (Wildman–Crippen MR) is 129 cm³/mol. The largest absolute Gasteiger partial charge is 0.481 e. The van der Waals surface area contributed by atoms with Crippen LogP contribution in [0.3, 0.4) is 0 Å². The molecule has 0 saturated heterocycles. The number of carboxylic acid groups (broad SMARTS) is 1. The minimum Gasteiger partial charge on any atom is -0.481 e. The number of carbonyl (C=O) groups is 3. The number of ether oxygens (including phenoxy) is 1. The van der Waals surface area contributed by atoms with Gasteiger partial charge in [0.05, 0.1) is 5.69 Å². The van der Waals surface area contributed by atoms with Crippen LogP contribution >= 0.6 is 0 Å². The van der Waals surface area contributed by atoms with Crippen LogP contribution in [0.25, 0.3) is 11.1 Å². The lowest BCUT2D eigenvalue weighted by Crippen LogP contribution is -2.44. The smallest absolute Gasteiger partial charge is 0.407 e. The molecule has 3 N–H and O–H groups in total. The fourth-order valence-electron chi connectivity index (χ4n) is 4.22. The summed E-state index contributed by atoms with van der Waals surface area (Å²) >= 11 is 0. The second-order valence-electron chi connectivity index (χ2n) is 8.31. The van der Waals surface area contributed by atoms with Crippen molar-refractivity contribution >= 4 is 23.7 Å². The highest BCUT2D eigenvalue weighted by molar-refractivity contribution is 5.96. The van der Waals surface area contributed by atoms with Crippen LogP contribution in [0.1, 0.15) is 29.9 Å². The van der Waals surface area contributed by atoms with Crippen LogP contribution in [0.5, 0.6) is 0 Å². The van der Waals surface area contributed by atoms with Crippen molar-refractivity contribution in [3.8, 4) is 11.1 Å². The van der Waals surface area contributed by atoms with Gasteiger partial charge in [0.2, 0.25) is 11.5 Å². The summed E-state index contributed by atoms with van der Waals surface area (Å²) in [7, 11) is 1.54. The van der Waals surface area contributed by atoms with E-state index in [1.165, 1.54) is 29.9 Å². The Labute approximate surface area is 201 Å². The standard InChI is InChI=1S/C26H25N3O6/c1-29-14-16(10-12-23(29)30)27-25(33)22(11-13-24(31)32)28-26(34)35-15-21-19-8-4-2-6-17(19)18-7-3-5-9-20(18)21/h2-10,12,14,21-22H,11,13,15H2,1H3,(H,27,33)(H,28,34)(H,31,32). The number of fused-ring (bicyclic) bond motifs is 3. The van der Waals surface area contributed by atoms with Gasteiger partial charge in [0.25, 0.3) is 0 Å². The predicted octanol–water partition coefficient (Wildman–Crippen LogP) is 3.10. The van der Waals surface area contributed by atoms with Crippen molar-refractivity contribution in [3.63, 3.8) is 0 Å². The summed E-state index contributed by atoms with van der Waals surface area (Å²) in [4.78, 5) is 48.0. The maximum Gasteiger partial charge on any atom is 0.407 e. The van der Waals surface area contributed by atoms with Gasteiger partial charge >= 0.3 is 12.1 Å². The van der Waals surface area contributed by atoms with Crippen molar-refractivity contribution in [2.45, 2.75) is 24.8 Å². The Morgan fingerprint density at radius 3 is 2.23 bits per heavy atom. The minimum absolute atomic E-state index is 0.0634. The van der Waals surface area contributed by atoms with Gasteiger partial charge in [0.15, 0.2) is 0 Å². The molecule has 0 bridgehead atoms. The number of benzene rings is 2. The number of carbonyl (C=O) groups excluding carboxylic acids is 2. The summed E-state index contributed by atoms with van der Waals surface area (Å²) in [5.41, 5.74) is 4.38. The molecular formula is C26H25N3O6. The van der Waals surface area contributed by atoms with Gasteiger partial charge in [-0.1, -0.05) is 48.5 Å². The summed E-state index contributed by atoms with van der Waals surface area (Å²) in [6.45, 7) is 0.0634. The molecule has 0 fully saturated rings. The topological polar surface area (TPSA) is 127 Å². The Kier molecular flexibility index (Phi) is 6.96. The van der Waals surface area contributed by atoms with Crippen LogP contribution in [0.2, 0.25) is 0 Å². The second-order valence-corrected chi connectivity index (χ2v) is 8.31. The summed E-state index contributed by atoms with van der Waals surface area (Å²) < 4.78 is 6.78. The number of nitrogens with one attached hydrogen (secondary N) is 2. The minimum atomic E-state index is -1.14. The fourth-order valence-corrected chi connectivity index (χ4v) is 4.22. The molecule has 0 saturated carbocycles. The SMILES string of the molecule is Cn1cc(NC(=O)C(CCC(=O)O)NC(=O)OCC2c3ccccc3-c3ccccc32)ccc1=O. The van der Waals surface area contributed by atoms with Crippen molar-refractivity contribution in [3.05, 3.63) is 88.3 Å². The third kappa shape index (κ3) is 5.40. The number of hydrogen-bond donors (Lipinski definition) is 3. The molecule has 180 valence electrons. The normalized spacial score (nSPS) is 12.8. The number of anilines is 1. The first-order valence-electron chi connectivity index (χ1n) is 11.1. The van der Waals surface area contributed by atoms with Gasteiger partial charge in [0.1, 0.15) is 12.6 Å². The van der Waals surface area contributed by atoms with Crippen molar-refractivity contribution < 1.29 is 24.2 Å². The zero-order valence-electron chi connectivity index (χ0n) is 19.1. The van der Waals surface area contributed by atoms with Crippen LogP contribution < -0.4 is 16.2 Å². The first kappa shape index (κ1) is 23.7. The maximum atomic E-state index is 12.8. The Bertz CT molecular complexity index is 1290. The summed E-state index contributed by atoms with van der Waals surface area (Å²) in [5.74, 6) is -1.86. The second kappa shape index (κ2) is 10.3. The van der Waals surface area contributed by atoms with Crippen molar-refractivity contribution in [2.75, 3.05) is 11.9 Å². The number of alkyl carbamates (subject to hydrolysis) is 1. The lowest BCUT2D eigenvalue weighted by Gasteiger charge is -2.19. The first-order valence-corrected chi connectivity index (χ1v) is 11.1. The van der Waals surface area contributed by atoms with E-state index in [9.17, 15) is 19.2 Å². The molecule has 35 heavy (non-hydrogen) atoms. The summed E-state index contributed by atoms with van der Waals surface area (Å²) in [6, 6.07) is 17.4. The highest BCUT2D eigenvalue weighted by atomic mass is 16.5. The average Bonchev–Trinajstić information content (AvgIpc) is 3.16. The van der Waals surface area contributed by atoms with Gasteiger partial charge in [-0.15, -0.1) is 0 Å². The molecule has 1 atom stereocenters. The van der Waals surface area contributed by atoms with E-state index >= 15 is 0 Å². The maximum absolute atomic E-state index is 12.8. The molecule has 3 aromatic rings. The molecule has 1 heterocycles. The van der Waals surface area contributed by atoms with Crippen molar-refractivity contribution in [2.24, 2.45) is 7.05 Å². The van der Waals surface area contributed by atoms with Crippen LogP contribution in [0, 0.1) is 0 Å². The molecule has 9 heteroatoms. The number of aryl methyl sites for hydroxylation is 1. The molecule has 2 amide bonds. The van der Waals surface area contributed by atoms with E-state index in [4.69, 9.17) is 9.84 Å². The molecule has 4 rings (SSSR count). The van der Waals surface area contributed by atoms with E-state index in [0.717, 1.165) is 22.3 Å². The zero-order valence-corrected chi connectivity index (χ0v) is 19.1. The van der Waals surface area contributed by atoms with Crippen molar-refractivity contribution in [1.29, 1.82) is 0 Å². The highest BCUT2D eigenvalue weighted by Gasteiger charge is 2.30. The molecule has 1 unspecified atom stereocenters. The summed E-state index contributed by atoms with van der Waals surface area (Å²) in [5, 5.41) is 14.1. The average molecular weight is 476 g/mol. The van der Waals surface area contributed by atoms with E-state index in [1.54, 1.807) is 0 Å². The Hall–Kier alpha value is -4.40. The van der Waals surface area contributed by atoms with E-state index < -0.39 is 24.0 Å². The van der Waals surface area contributed by atoms with Gasteiger partial charge in [-0.05, 0) is 34.7 Å². The van der Waals surface area contributed by atoms with Gasteiger partial charge in [0, 0.05) is 31.6 Å². The van der Waals surface area contributed by atoms with Crippen LogP contribution in [0.4, 0.5) is 10.5 Å². The molecule has 0 spiro atoms. The molecule has 1 aliphatic rings. The lowest BCUT2D eigenvalue weighted by atomic mass is 9.98. The third-order valence-corrected chi connectivity index (χ3v) is 5.95. The first-order chi connectivity index (χ1) is 16.8. The number of amides is 2. The number of nitrogens with zero attached hydrogens (tertiary/aromatic N) is 1. The number of aromatic nitrogens is 1. The van der Waals surface area contributed by atoms with Gasteiger partial charge in [-0.3, -0.25) is 14.4 Å². The molecule has 1 aromatic heterocycles. The number of aliphatic carboxylic acids is 1. The Morgan fingerprint density at radius 1 is 1.00 bits per heavy atom. The molecule has 0 radical (unpaired) electrons. The van der Waals surface area contributed by atoms with Crippen LogP contribution in [-0.2, 0) is 21.4 Å². The lowest BCUT2D eigenvalue weighted by molar-refractivity contribution is -0.137. The number of pyridine rings is 1. The van der Waals surface area contributed by atoms with Crippen LogP contribution in [-0.4, -0.2) is 40.3 Å². The van der Waals surface area contributed by atoms with E-state index in [-0.39, 0.29) is 30.9 Å². The van der Waals surface area contributed by atoms with E-state index in [1.807, 2.05) is 48.5 Å². The number of rotatable bonds is 8. The quantitative estimate of drug-likeness (QED) is 0.460. The Balaban J connectivity index is 1.43. The van der Waals surface area contributed by atoms with Gasteiger partial charge in [-0.2, -0.15) is 0 Å². The molecule has 2 aromatic carbocycles. The molecule has 9 nitrogen and oxygen atoms in total. The fraction of sp³-hybridized carbons (Fsp3) is 0.231. The number of hydrogen-bond acceptors (Lipinski definition) is 5. The molecule has 1 aliphatic carbocycles. The highest BCUT2D eigenvalue weighted by Crippen LogP contribution is 2.44. The molecule has 0 aliphatic heterocycles. The monoisotopic (exact) mass is 475 g/mol. The Morgan fingerprint density at radius 2 is 1.63 bits per heavy atom. The number of carboxylic acids is 1. The van der Waals surface area contributed by atoms with Crippen molar-refractivity contribution in [1.82, 2.24) is 9.88 Å². The zero-order chi connectivity index (χ0) is 24.9. The van der Waals surface area contributed by atoms with Crippen LogP contribution in [0.15, 0.2) is 71.7 Å².